The van der Waals surface area contributed by atoms with E-state index < -0.39 is 28.7 Å². The predicted octanol–water partition coefficient (Wildman–Crippen LogP) is 6.57. The molecule has 1 saturated carbocycles. The molecule has 0 amide bonds. The molecule has 2 fully saturated rings. The van der Waals surface area contributed by atoms with Crippen LogP contribution in [-0.2, 0) is 22.3 Å². The highest BCUT2D eigenvalue weighted by atomic mass is 19.4. The van der Waals surface area contributed by atoms with Gasteiger partial charge in [0.05, 0.1) is 11.0 Å². The van der Waals surface area contributed by atoms with Gasteiger partial charge in [-0.15, -0.1) is 0 Å². The lowest BCUT2D eigenvalue weighted by atomic mass is 9.71. The largest absolute Gasteiger partial charge is 0.488 e. The first kappa shape index (κ1) is 29.4. The summed E-state index contributed by atoms with van der Waals surface area (Å²) in [4.78, 5) is 15.5. The summed E-state index contributed by atoms with van der Waals surface area (Å²) in [6.07, 6.45) is -0.545. The Hall–Kier alpha value is -2.58. The highest BCUT2D eigenvalue weighted by Gasteiger charge is 2.47. The number of esters is 1. The van der Waals surface area contributed by atoms with Crippen molar-refractivity contribution in [3.63, 3.8) is 0 Å². The summed E-state index contributed by atoms with van der Waals surface area (Å²) < 4.78 is 55.2. The number of alkyl halides is 3. The lowest BCUT2D eigenvalue weighted by Crippen LogP contribution is -2.52. The number of nitrogens with zero attached hydrogens (tertiary/aromatic N) is 1. The van der Waals surface area contributed by atoms with E-state index in [0.29, 0.717) is 24.9 Å². The zero-order valence-electron chi connectivity index (χ0n) is 23.3. The van der Waals surface area contributed by atoms with Crippen molar-refractivity contribution in [2.45, 2.75) is 77.2 Å². The molecule has 4 rings (SSSR count). The van der Waals surface area contributed by atoms with E-state index in [4.69, 9.17) is 9.47 Å². The van der Waals surface area contributed by atoms with Gasteiger partial charge in [0.1, 0.15) is 18.0 Å². The number of benzene rings is 2. The maximum absolute atomic E-state index is 14.4. The Morgan fingerprint density at radius 2 is 1.67 bits per heavy atom. The van der Waals surface area contributed by atoms with Crippen molar-refractivity contribution >= 4 is 5.97 Å². The number of carbonyl (C=O) groups excluding carboxylic acids is 1. The number of hydrogen-bond acceptors (Lipinski definition) is 5. The number of hydrogen-bond donors (Lipinski definition) is 1. The molecule has 0 radical (unpaired) electrons. The molecular formula is C31H41F3N2O3. The Balaban J connectivity index is 1.73. The van der Waals surface area contributed by atoms with Gasteiger partial charge in [-0.05, 0) is 69.7 Å². The van der Waals surface area contributed by atoms with Crippen molar-refractivity contribution in [1.29, 1.82) is 0 Å². The molecule has 2 aliphatic rings. The van der Waals surface area contributed by atoms with Gasteiger partial charge in [-0.1, -0.05) is 42.8 Å². The summed E-state index contributed by atoms with van der Waals surface area (Å²) in [6.45, 7) is 9.26. The smallest absolute Gasteiger partial charge is 0.419 e. The zero-order chi connectivity index (χ0) is 28.1. The lowest BCUT2D eigenvalue weighted by molar-refractivity contribution is -0.177. The molecule has 2 aromatic carbocycles. The third kappa shape index (κ3) is 7.54. The number of piperazine rings is 1. The molecule has 214 valence electrons. The van der Waals surface area contributed by atoms with E-state index in [0.717, 1.165) is 51.0 Å². The molecule has 1 unspecified atom stereocenters. The minimum absolute atomic E-state index is 0.0423. The maximum atomic E-state index is 14.4. The predicted molar refractivity (Wildman–Crippen MR) is 146 cm³/mol. The number of ether oxygens (including phenoxy) is 2. The molecule has 1 atom stereocenters. The number of halogens is 3. The summed E-state index contributed by atoms with van der Waals surface area (Å²) in [6, 6.07) is 13.6. The molecule has 0 spiro atoms. The Morgan fingerprint density at radius 1 is 1.00 bits per heavy atom. The molecule has 8 heteroatoms. The fourth-order valence-corrected chi connectivity index (χ4v) is 5.58. The van der Waals surface area contributed by atoms with Crippen LogP contribution in [0, 0.1) is 5.41 Å². The lowest BCUT2D eigenvalue weighted by Gasteiger charge is -2.46. The standard InChI is InChI=1S/C31H41F3N2O3/c1-29(2,3)28(37)39-30(14-8-5-9-15-30)26(21-36-18-16-35-17-19-36)24-12-13-27(25(20-24)31(32,33)34)38-22-23-10-6-4-7-11-23/h4,6-7,10-13,20,26,35H,5,8-9,14-19,21-22H2,1-3H3. The Morgan fingerprint density at radius 3 is 2.28 bits per heavy atom. The zero-order valence-corrected chi connectivity index (χ0v) is 23.3. The van der Waals surface area contributed by atoms with Gasteiger partial charge in [-0.2, -0.15) is 13.2 Å². The second kappa shape index (κ2) is 12.3. The molecule has 0 bridgehead atoms. The van der Waals surface area contributed by atoms with Crippen LogP contribution in [0.25, 0.3) is 0 Å². The molecule has 2 aromatic rings. The molecule has 1 saturated heterocycles. The summed E-state index contributed by atoms with van der Waals surface area (Å²) in [5.74, 6) is -0.902. The summed E-state index contributed by atoms with van der Waals surface area (Å²) in [7, 11) is 0. The minimum atomic E-state index is -4.59. The highest BCUT2D eigenvalue weighted by Crippen LogP contribution is 2.47. The van der Waals surface area contributed by atoms with Gasteiger partial charge in [-0.25, -0.2) is 0 Å². The van der Waals surface area contributed by atoms with Gasteiger partial charge in [-0.3, -0.25) is 4.79 Å². The van der Waals surface area contributed by atoms with E-state index in [-0.39, 0.29) is 18.3 Å². The van der Waals surface area contributed by atoms with Crippen LogP contribution in [-0.4, -0.2) is 49.2 Å². The number of rotatable bonds is 8. The quantitative estimate of drug-likeness (QED) is 0.380. The van der Waals surface area contributed by atoms with E-state index >= 15 is 0 Å². The molecule has 5 nitrogen and oxygen atoms in total. The second-order valence-electron chi connectivity index (χ2n) is 11.9. The molecule has 1 aliphatic heterocycles. The van der Waals surface area contributed by atoms with E-state index in [1.807, 2.05) is 51.1 Å². The van der Waals surface area contributed by atoms with Gasteiger partial charge >= 0.3 is 12.1 Å². The number of carbonyl (C=O) groups is 1. The van der Waals surface area contributed by atoms with E-state index in [9.17, 15) is 18.0 Å². The van der Waals surface area contributed by atoms with Crippen LogP contribution < -0.4 is 10.1 Å². The fraction of sp³-hybridized carbons (Fsp3) is 0.581. The number of nitrogens with one attached hydrogen (secondary N) is 1. The molecule has 1 heterocycles. The summed E-state index contributed by atoms with van der Waals surface area (Å²) in [5, 5.41) is 3.34. The van der Waals surface area contributed by atoms with Gasteiger partial charge in [0, 0.05) is 38.6 Å². The third-order valence-electron chi connectivity index (χ3n) is 7.84. The van der Waals surface area contributed by atoms with Gasteiger partial charge in [0.15, 0.2) is 0 Å². The summed E-state index contributed by atoms with van der Waals surface area (Å²) >= 11 is 0. The first-order valence-corrected chi connectivity index (χ1v) is 14.0. The van der Waals surface area contributed by atoms with E-state index in [1.54, 1.807) is 6.07 Å². The molecule has 1 aliphatic carbocycles. The van der Waals surface area contributed by atoms with Crippen molar-refractivity contribution in [2.24, 2.45) is 5.41 Å². The molecule has 39 heavy (non-hydrogen) atoms. The molecular weight excluding hydrogens is 505 g/mol. The summed E-state index contributed by atoms with van der Waals surface area (Å²) in [5.41, 5.74) is -1.04. The van der Waals surface area contributed by atoms with Crippen molar-refractivity contribution in [3.05, 3.63) is 65.2 Å². The van der Waals surface area contributed by atoms with Crippen LogP contribution in [0.4, 0.5) is 13.2 Å². The van der Waals surface area contributed by atoms with E-state index in [2.05, 4.69) is 10.2 Å². The van der Waals surface area contributed by atoms with Crippen LogP contribution in [0.1, 0.15) is 75.5 Å². The van der Waals surface area contributed by atoms with Crippen LogP contribution in [0.3, 0.4) is 0 Å². The van der Waals surface area contributed by atoms with Crippen molar-refractivity contribution in [3.8, 4) is 5.75 Å². The first-order chi connectivity index (χ1) is 18.5. The van der Waals surface area contributed by atoms with Crippen LogP contribution >= 0.6 is 0 Å². The second-order valence-corrected chi connectivity index (χ2v) is 11.9. The Bertz CT molecular complexity index is 1090. The van der Waals surface area contributed by atoms with Crippen LogP contribution in [0.15, 0.2) is 48.5 Å². The van der Waals surface area contributed by atoms with Gasteiger partial charge < -0.3 is 19.7 Å². The SMILES string of the molecule is CC(C)(C)C(=O)OC1(C(CN2CCNCC2)c2ccc(OCc3ccccc3)c(C(F)(F)F)c2)CCCCC1. The van der Waals surface area contributed by atoms with Gasteiger partial charge in [0.2, 0.25) is 0 Å². The van der Waals surface area contributed by atoms with Gasteiger partial charge in [0.25, 0.3) is 0 Å². The first-order valence-electron chi connectivity index (χ1n) is 14.0. The van der Waals surface area contributed by atoms with Crippen molar-refractivity contribution in [2.75, 3.05) is 32.7 Å². The Labute approximate surface area is 230 Å². The molecule has 1 N–H and O–H groups in total. The van der Waals surface area contributed by atoms with Crippen LogP contribution in [0.5, 0.6) is 5.75 Å². The minimum Gasteiger partial charge on any atom is -0.488 e. The monoisotopic (exact) mass is 546 g/mol. The average molecular weight is 547 g/mol. The average Bonchev–Trinajstić information content (AvgIpc) is 2.91. The Kier molecular flexibility index (Phi) is 9.27. The fourth-order valence-electron chi connectivity index (χ4n) is 5.58. The van der Waals surface area contributed by atoms with Crippen molar-refractivity contribution < 1.29 is 27.4 Å². The normalized spacial score (nSPS) is 19.3. The van der Waals surface area contributed by atoms with Crippen molar-refractivity contribution in [1.82, 2.24) is 10.2 Å². The third-order valence-corrected chi connectivity index (χ3v) is 7.84. The molecule has 0 aromatic heterocycles. The highest BCUT2D eigenvalue weighted by molar-refractivity contribution is 5.76. The topological polar surface area (TPSA) is 50.8 Å². The maximum Gasteiger partial charge on any atom is 0.419 e. The van der Waals surface area contributed by atoms with Crippen LogP contribution in [0.2, 0.25) is 0 Å². The van der Waals surface area contributed by atoms with E-state index in [1.165, 1.54) is 12.1 Å².